The van der Waals surface area contributed by atoms with Crippen molar-refractivity contribution in [2.75, 3.05) is 13.2 Å². The summed E-state index contributed by atoms with van der Waals surface area (Å²) in [6.45, 7) is 6.31. The molecule has 68 heavy (non-hydrogen) atoms. The Bertz CT molecular complexity index is 1450. The van der Waals surface area contributed by atoms with Crippen LogP contribution in [-0.2, 0) is 28.6 Å². The highest BCUT2D eigenvalue weighted by molar-refractivity contribution is 5.71. The Morgan fingerprint density at radius 2 is 0.574 bits per heavy atom. The number of rotatable bonds is 48. The molecule has 0 aromatic carbocycles. The molecule has 0 saturated heterocycles. The molecule has 1 unspecified atom stereocenters. The molecule has 1 atom stereocenters. The SMILES string of the molecule is CC/C=C\C/C=C\C/C=C\C/C=C\C/C=C\C/C=C\C/C=C\CCCCCCCCCC(=O)OCC(COC(=O)CCCCCCCC)OC(=O)CCCCCCC/C=C\C/C=C\C/C=C\CC. The van der Waals surface area contributed by atoms with E-state index in [0.717, 1.165) is 148 Å². The van der Waals surface area contributed by atoms with Gasteiger partial charge in [-0.05, 0) is 109 Å². The highest BCUT2D eigenvalue weighted by Crippen LogP contribution is 2.13. The number of hydrogen-bond donors (Lipinski definition) is 0. The molecule has 0 fully saturated rings. The van der Waals surface area contributed by atoms with Crippen molar-refractivity contribution in [2.24, 2.45) is 0 Å². The Hall–Kier alpha value is -4.19. The lowest BCUT2D eigenvalue weighted by Crippen LogP contribution is -2.30. The lowest BCUT2D eigenvalue weighted by atomic mass is 10.1. The van der Waals surface area contributed by atoms with Crippen LogP contribution in [0.5, 0.6) is 0 Å². The maximum Gasteiger partial charge on any atom is 0.306 e. The summed E-state index contributed by atoms with van der Waals surface area (Å²) < 4.78 is 16.7. The molecular weight excluding hydrogens is 841 g/mol. The third-order valence-corrected chi connectivity index (χ3v) is 11.2. The molecule has 0 aliphatic rings. The van der Waals surface area contributed by atoms with Crippen molar-refractivity contribution in [3.63, 3.8) is 0 Å². The van der Waals surface area contributed by atoms with Gasteiger partial charge in [0, 0.05) is 19.3 Å². The van der Waals surface area contributed by atoms with E-state index in [9.17, 15) is 14.4 Å². The standard InChI is InChI=1S/C62H100O6/c1-4-7-10-13-16-18-20-22-24-25-26-27-28-29-30-31-32-33-34-35-36-37-39-40-42-44-46-49-52-55-61(64)67-58-59(57-66-60(63)54-51-48-15-12-9-6-3)68-62(65)56-53-50-47-45-43-41-38-23-21-19-17-14-11-8-5-2/h7-8,10-11,16-19,22-24,26-27,29-30,32-33,35-36,38,59H,4-6,9,12-15,20-21,25,28,31,34,37,39-58H2,1-3H3/b10-7-,11-8-,18-16-,19-17-,24-22-,27-26-,30-29-,33-32-,36-35-,38-23-. The lowest BCUT2D eigenvalue weighted by molar-refractivity contribution is -0.167. The van der Waals surface area contributed by atoms with E-state index in [1.807, 2.05) is 0 Å². The Balaban J connectivity index is 4.19. The summed E-state index contributed by atoms with van der Waals surface area (Å²) in [5.74, 6) is -0.935. The highest BCUT2D eigenvalue weighted by Gasteiger charge is 2.19. The van der Waals surface area contributed by atoms with Crippen LogP contribution in [0.4, 0.5) is 0 Å². The first kappa shape index (κ1) is 63.8. The second-order valence-corrected chi connectivity index (χ2v) is 17.7. The molecule has 384 valence electrons. The number of ether oxygens (including phenoxy) is 3. The Labute approximate surface area is 418 Å². The topological polar surface area (TPSA) is 78.9 Å². The molecule has 0 aromatic rings. The van der Waals surface area contributed by atoms with Crippen molar-refractivity contribution in [1.82, 2.24) is 0 Å². The summed E-state index contributed by atoms with van der Waals surface area (Å²) in [6, 6.07) is 0. The van der Waals surface area contributed by atoms with Crippen LogP contribution >= 0.6 is 0 Å². The van der Waals surface area contributed by atoms with Gasteiger partial charge in [-0.1, -0.05) is 226 Å². The van der Waals surface area contributed by atoms with Crippen LogP contribution in [0.15, 0.2) is 122 Å². The molecule has 0 aliphatic heterocycles. The molecule has 0 spiro atoms. The maximum absolute atomic E-state index is 12.8. The Morgan fingerprint density at radius 1 is 0.309 bits per heavy atom. The number of carbonyl (C=O) groups is 3. The van der Waals surface area contributed by atoms with E-state index in [1.54, 1.807) is 0 Å². The molecule has 0 saturated carbocycles. The van der Waals surface area contributed by atoms with Crippen molar-refractivity contribution in [3.05, 3.63) is 122 Å². The van der Waals surface area contributed by atoms with Crippen LogP contribution in [-0.4, -0.2) is 37.2 Å². The van der Waals surface area contributed by atoms with Crippen LogP contribution < -0.4 is 0 Å². The zero-order valence-electron chi connectivity index (χ0n) is 43.8. The summed E-state index contributed by atoms with van der Waals surface area (Å²) in [4.78, 5) is 37.8. The largest absolute Gasteiger partial charge is 0.462 e. The number of unbranched alkanes of at least 4 members (excludes halogenated alkanes) is 17. The second-order valence-electron chi connectivity index (χ2n) is 17.7. The van der Waals surface area contributed by atoms with Gasteiger partial charge < -0.3 is 14.2 Å². The smallest absolute Gasteiger partial charge is 0.306 e. The summed E-state index contributed by atoms with van der Waals surface area (Å²) in [7, 11) is 0. The Kier molecular flexibility index (Phi) is 52.0. The van der Waals surface area contributed by atoms with Gasteiger partial charge in [0.2, 0.25) is 0 Å². The first-order valence-corrected chi connectivity index (χ1v) is 27.5. The summed E-state index contributed by atoms with van der Waals surface area (Å²) in [5, 5.41) is 0. The van der Waals surface area contributed by atoms with E-state index >= 15 is 0 Å². The molecule has 6 nitrogen and oxygen atoms in total. The zero-order chi connectivity index (χ0) is 49.3. The van der Waals surface area contributed by atoms with Crippen molar-refractivity contribution >= 4 is 17.9 Å². The predicted molar refractivity (Wildman–Crippen MR) is 293 cm³/mol. The molecule has 0 radical (unpaired) electrons. The molecule has 6 heteroatoms. The highest BCUT2D eigenvalue weighted by atomic mass is 16.6. The molecular formula is C62H100O6. The maximum atomic E-state index is 12.8. The van der Waals surface area contributed by atoms with E-state index in [2.05, 4.69) is 142 Å². The first-order chi connectivity index (χ1) is 33.5. The van der Waals surface area contributed by atoms with Crippen LogP contribution in [0.1, 0.15) is 233 Å². The molecule has 0 N–H and O–H groups in total. The van der Waals surface area contributed by atoms with Crippen LogP contribution in [0.25, 0.3) is 0 Å². The van der Waals surface area contributed by atoms with Gasteiger partial charge in [-0.15, -0.1) is 0 Å². The third-order valence-electron chi connectivity index (χ3n) is 11.2. The van der Waals surface area contributed by atoms with Crippen LogP contribution in [0, 0.1) is 0 Å². The van der Waals surface area contributed by atoms with Crippen LogP contribution in [0.3, 0.4) is 0 Å². The van der Waals surface area contributed by atoms with Gasteiger partial charge in [-0.2, -0.15) is 0 Å². The molecule has 0 amide bonds. The van der Waals surface area contributed by atoms with Gasteiger partial charge in [0.05, 0.1) is 0 Å². The number of carbonyl (C=O) groups excluding carboxylic acids is 3. The minimum Gasteiger partial charge on any atom is -0.462 e. The number of esters is 3. The first-order valence-electron chi connectivity index (χ1n) is 27.5. The molecule has 0 bridgehead atoms. The normalized spacial score (nSPS) is 13.0. The minimum absolute atomic E-state index is 0.0911. The lowest BCUT2D eigenvalue weighted by Gasteiger charge is -2.18. The molecule has 0 aromatic heterocycles. The van der Waals surface area contributed by atoms with Crippen molar-refractivity contribution < 1.29 is 28.6 Å². The fourth-order valence-electron chi connectivity index (χ4n) is 7.14. The van der Waals surface area contributed by atoms with Gasteiger partial charge in [-0.25, -0.2) is 0 Å². The Morgan fingerprint density at radius 3 is 0.897 bits per heavy atom. The van der Waals surface area contributed by atoms with Crippen molar-refractivity contribution in [1.29, 1.82) is 0 Å². The van der Waals surface area contributed by atoms with Crippen LogP contribution in [0.2, 0.25) is 0 Å². The van der Waals surface area contributed by atoms with Gasteiger partial charge >= 0.3 is 17.9 Å². The van der Waals surface area contributed by atoms with E-state index in [1.165, 1.54) is 44.9 Å². The fourth-order valence-corrected chi connectivity index (χ4v) is 7.14. The van der Waals surface area contributed by atoms with Gasteiger partial charge in [0.25, 0.3) is 0 Å². The monoisotopic (exact) mass is 941 g/mol. The second kappa shape index (κ2) is 55.4. The predicted octanol–water partition coefficient (Wildman–Crippen LogP) is 18.5. The van der Waals surface area contributed by atoms with Gasteiger partial charge in [0.15, 0.2) is 6.10 Å². The van der Waals surface area contributed by atoms with Crippen molar-refractivity contribution in [2.45, 2.75) is 239 Å². The summed E-state index contributed by atoms with van der Waals surface area (Å²) in [6.07, 6.45) is 76.5. The number of hydrogen-bond acceptors (Lipinski definition) is 6. The zero-order valence-corrected chi connectivity index (χ0v) is 43.8. The quantitative estimate of drug-likeness (QED) is 0.0262. The van der Waals surface area contributed by atoms with Crippen molar-refractivity contribution in [3.8, 4) is 0 Å². The molecule has 0 rings (SSSR count). The van der Waals surface area contributed by atoms with E-state index in [4.69, 9.17) is 14.2 Å². The van der Waals surface area contributed by atoms with Gasteiger partial charge in [-0.3, -0.25) is 14.4 Å². The average molecular weight is 941 g/mol. The average Bonchev–Trinajstić information content (AvgIpc) is 3.34. The minimum atomic E-state index is -0.791. The summed E-state index contributed by atoms with van der Waals surface area (Å²) >= 11 is 0. The fraction of sp³-hybridized carbons (Fsp3) is 0.629. The van der Waals surface area contributed by atoms with E-state index < -0.39 is 6.10 Å². The number of allylic oxidation sites excluding steroid dienone is 20. The third kappa shape index (κ3) is 52.8. The summed E-state index contributed by atoms with van der Waals surface area (Å²) in [5.41, 5.74) is 0. The molecule has 0 heterocycles. The van der Waals surface area contributed by atoms with E-state index in [-0.39, 0.29) is 31.1 Å². The molecule has 0 aliphatic carbocycles. The van der Waals surface area contributed by atoms with Gasteiger partial charge in [0.1, 0.15) is 13.2 Å². The van der Waals surface area contributed by atoms with E-state index in [0.29, 0.717) is 19.3 Å².